The average molecular weight is 316 g/mol. The second-order valence-corrected chi connectivity index (χ2v) is 5.42. The number of hydrogen-bond donors (Lipinski definition) is 2. The number of methoxy groups -OCH3 is 1. The van der Waals surface area contributed by atoms with Crippen LogP contribution in [0.4, 0.5) is 17.3 Å². The van der Waals surface area contributed by atoms with E-state index in [1.807, 2.05) is 51.1 Å². The zero-order valence-electron chi connectivity index (χ0n) is 14.1. The van der Waals surface area contributed by atoms with Crippen molar-refractivity contribution in [2.75, 3.05) is 30.9 Å². The van der Waals surface area contributed by atoms with E-state index in [9.17, 15) is 0 Å². The summed E-state index contributed by atoms with van der Waals surface area (Å²) in [5.74, 6) is 3.08. The molecule has 1 aromatic heterocycles. The van der Waals surface area contributed by atoms with E-state index in [0.29, 0.717) is 19.0 Å². The summed E-state index contributed by atoms with van der Waals surface area (Å²) in [4.78, 5) is 8.76. The summed E-state index contributed by atoms with van der Waals surface area (Å²) >= 11 is 0. The first-order chi connectivity index (χ1) is 11.1. The van der Waals surface area contributed by atoms with Gasteiger partial charge < -0.3 is 20.1 Å². The Morgan fingerprint density at radius 3 is 2.43 bits per heavy atom. The number of aryl methyl sites for hydroxylation is 1. The number of hydrogen-bond acceptors (Lipinski definition) is 6. The molecule has 0 unspecified atom stereocenters. The molecular weight excluding hydrogens is 292 g/mol. The maximum absolute atomic E-state index is 5.64. The lowest BCUT2D eigenvalue weighted by molar-refractivity contribution is 0.210. The molecule has 23 heavy (non-hydrogen) atoms. The average Bonchev–Trinajstić information content (AvgIpc) is 2.48. The van der Waals surface area contributed by atoms with E-state index in [4.69, 9.17) is 9.47 Å². The highest BCUT2D eigenvalue weighted by molar-refractivity contribution is 5.60. The fourth-order valence-electron chi connectivity index (χ4n) is 2.04. The van der Waals surface area contributed by atoms with Crippen LogP contribution >= 0.6 is 0 Å². The number of anilines is 3. The van der Waals surface area contributed by atoms with Gasteiger partial charge in [0, 0.05) is 25.4 Å². The summed E-state index contributed by atoms with van der Waals surface area (Å²) in [5.41, 5.74) is 0.946. The van der Waals surface area contributed by atoms with Gasteiger partial charge in [-0.1, -0.05) is 0 Å². The molecule has 0 aliphatic rings. The van der Waals surface area contributed by atoms with Crippen molar-refractivity contribution in [3.8, 4) is 5.75 Å². The summed E-state index contributed by atoms with van der Waals surface area (Å²) < 4.78 is 10.7. The van der Waals surface area contributed by atoms with Crippen LogP contribution in [0.2, 0.25) is 0 Å². The number of ether oxygens (including phenoxy) is 2. The smallest absolute Gasteiger partial charge is 0.136 e. The third-order valence-corrected chi connectivity index (χ3v) is 2.95. The number of nitrogens with one attached hydrogen (secondary N) is 2. The minimum atomic E-state index is 0.166. The van der Waals surface area contributed by atoms with Crippen LogP contribution in [0.25, 0.3) is 0 Å². The van der Waals surface area contributed by atoms with Crippen LogP contribution in [0.1, 0.15) is 19.7 Å². The highest BCUT2D eigenvalue weighted by Gasteiger charge is 2.03. The van der Waals surface area contributed by atoms with Gasteiger partial charge in [-0.05, 0) is 45.0 Å². The molecule has 0 radical (unpaired) electrons. The molecular formula is C17H24N4O2. The molecule has 6 nitrogen and oxygen atoms in total. The molecule has 124 valence electrons. The van der Waals surface area contributed by atoms with E-state index in [2.05, 4.69) is 20.6 Å². The van der Waals surface area contributed by atoms with Crippen LogP contribution in [0.3, 0.4) is 0 Å². The van der Waals surface area contributed by atoms with E-state index >= 15 is 0 Å². The Balaban J connectivity index is 2.04. The molecule has 0 saturated carbocycles. The predicted molar refractivity (Wildman–Crippen MR) is 92.6 cm³/mol. The summed E-state index contributed by atoms with van der Waals surface area (Å²) in [6, 6.07) is 9.68. The Kier molecular flexibility index (Phi) is 6.17. The molecule has 0 spiro atoms. The highest BCUT2D eigenvalue weighted by Crippen LogP contribution is 2.21. The molecule has 0 atom stereocenters. The Bertz CT molecular complexity index is 614. The summed E-state index contributed by atoms with van der Waals surface area (Å²) in [6.45, 7) is 7.21. The lowest BCUT2D eigenvalue weighted by atomic mass is 10.3. The Labute approximate surface area is 137 Å². The van der Waals surface area contributed by atoms with Gasteiger partial charge in [0.1, 0.15) is 23.2 Å². The maximum Gasteiger partial charge on any atom is 0.136 e. The molecule has 2 rings (SSSR count). The van der Waals surface area contributed by atoms with Gasteiger partial charge in [0.25, 0.3) is 0 Å². The van der Waals surface area contributed by atoms with Crippen molar-refractivity contribution in [2.24, 2.45) is 0 Å². The lowest BCUT2D eigenvalue weighted by Gasteiger charge is -2.12. The van der Waals surface area contributed by atoms with Crippen molar-refractivity contribution >= 4 is 17.3 Å². The topological polar surface area (TPSA) is 68.3 Å². The first kappa shape index (κ1) is 17.0. The van der Waals surface area contributed by atoms with Gasteiger partial charge in [-0.25, -0.2) is 9.97 Å². The summed E-state index contributed by atoms with van der Waals surface area (Å²) in [5, 5.41) is 6.49. The summed E-state index contributed by atoms with van der Waals surface area (Å²) in [7, 11) is 1.67. The lowest BCUT2D eigenvalue weighted by Crippen LogP contribution is -2.10. The van der Waals surface area contributed by atoms with Crippen molar-refractivity contribution in [1.29, 1.82) is 0 Å². The molecule has 2 aromatic rings. The van der Waals surface area contributed by atoms with Gasteiger partial charge in [-0.2, -0.15) is 0 Å². The minimum Gasteiger partial charge on any atom is -0.491 e. The van der Waals surface area contributed by atoms with Crippen LogP contribution in [0.5, 0.6) is 5.75 Å². The molecule has 0 amide bonds. The fourth-order valence-corrected chi connectivity index (χ4v) is 2.04. The first-order valence-corrected chi connectivity index (χ1v) is 7.69. The Morgan fingerprint density at radius 2 is 1.78 bits per heavy atom. The van der Waals surface area contributed by atoms with Crippen molar-refractivity contribution in [2.45, 2.75) is 26.9 Å². The van der Waals surface area contributed by atoms with Crippen LogP contribution in [0, 0.1) is 6.92 Å². The second kappa shape index (κ2) is 8.33. The number of benzene rings is 1. The van der Waals surface area contributed by atoms with E-state index in [1.165, 1.54) is 0 Å². The Morgan fingerprint density at radius 1 is 1.09 bits per heavy atom. The number of rotatable bonds is 8. The van der Waals surface area contributed by atoms with Gasteiger partial charge >= 0.3 is 0 Å². The quantitative estimate of drug-likeness (QED) is 0.728. The van der Waals surface area contributed by atoms with Crippen molar-refractivity contribution in [1.82, 2.24) is 9.97 Å². The van der Waals surface area contributed by atoms with Crippen LogP contribution in [0.15, 0.2) is 30.3 Å². The molecule has 1 heterocycles. The van der Waals surface area contributed by atoms with Gasteiger partial charge in [0.15, 0.2) is 0 Å². The predicted octanol–water partition coefficient (Wildman–Crippen LogP) is 3.37. The van der Waals surface area contributed by atoms with Crippen molar-refractivity contribution in [3.05, 3.63) is 36.2 Å². The zero-order valence-corrected chi connectivity index (χ0v) is 14.1. The van der Waals surface area contributed by atoms with Crippen molar-refractivity contribution in [3.63, 3.8) is 0 Å². The second-order valence-electron chi connectivity index (χ2n) is 5.42. The molecule has 6 heteroatoms. The maximum atomic E-state index is 5.64. The van der Waals surface area contributed by atoms with Crippen LogP contribution in [-0.2, 0) is 4.74 Å². The monoisotopic (exact) mass is 316 g/mol. The Hall–Kier alpha value is -2.34. The molecule has 0 aliphatic heterocycles. The molecule has 1 aromatic carbocycles. The zero-order chi connectivity index (χ0) is 16.7. The molecule has 2 N–H and O–H groups in total. The van der Waals surface area contributed by atoms with Gasteiger partial charge in [-0.3, -0.25) is 0 Å². The standard InChI is InChI=1S/C17H24N4O2/c1-12(2)23-15-7-5-14(6-8-15)21-17-11-16(18-9-10-22-4)19-13(3)20-17/h5-8,11-12H,9-10H2,1-4H3,(H2,18,19,20,21). The molecule has 0 saturated heterocycles. The third kappa shape index (κ3) is 5.75. The number of aromatic nitrogens is 2. The fraction of sp³-hybridized carbons (Fsp3) is 0.412. The van der Waals surface area contributed by atoms with Crippen LogP contribution < -0.4 is 15.4 Å². The molecule has 0 fully saturated rings. The van der Waals surface area contributed by atoms with Gasteiger partial charge in [-0.15, -0.1) is 0 Å². The van der Waals surface area contributed by atoms with Crippen LogP contribution in [-0.4, -0.2) is 36.3 Å². The summed E-state index contributed by atoms with van der Waals surface area (Å²) in [6.07, 6.45) is 0.166. The van der Waals surface area contributed by atoms with Gasteiger partial charge in [0.05, 0.1) is 12.7 Å². The van der Waals surface area contributed by atoms with Gasteiger partial charge in [0.2, 0.25) is 0 Å². The van der Waals surface area contributed by atoms with E-state index in [0.717, 1.165) is 23.1 Å². The van der Waals surface area contributed by atoms with E-state index < -0.39 is 0 Å². The first-order valence-electron chi connectivity index (χ1n) is 7.69. The normalized spacial score (nSPS) is 10.7. The largest absolute Gasteiger partial charge is 0.491 e. The molecule has 0 bridgehead atoms. The third-order valence-electron chi connectivity index (χ3n) is 2.95. The number of nitrogens with zero attached hydrogens (tertiary/aromatic N) is 2. The van der Waals surface area contributed by atoms with E-state index in [-0.39, 0.29) is 6.10 Å². The van der Waals surface area contributed by atoms with E-state index in [1.54, 1.807) is 7.11 Å². The highest BCUT2D eigenvalue weighted by atomic mass is 16.5. The molecule has 0 aliphatic carbocycles. The SMILES string of the molecule is COCCNc1cc(Nc2ccc(OC(C)C)cc2)nc(C)n1. The minimum absolute atomic E-state index is 0.166. The van der Waals surface area contributed by atoms with Crippen molar-refractivity contribution < 1.29 is 9.47 Å².